The second-order valence-electron chi connectivity index (χ2n) is 4.33. The van der Waals surface area contributed by atoms with Crippen LogP contribution in [0.15, 0.2) is 39.3 Å². The Morgan fingerprint density at radius 2 is 1.62 bits per heavy atom. The smallest absolute Gasteiger partial charge is 0.161 e. The van der Waals surface area contributed by atoms with E-state index in [9.17, 15) is 5.11 Å². The number of hydrogen-bond donors (Lipinski definition) is 1. The van der Waals surface area contributed by atoms with Crippen molar-refractivity contribution in [3.05, 3.63) is 55.4 Å². The number of aliphatic hydroxyl groups excluding tert-OH is 1. The zero-order chi connectivity index (χ0) is 15.6. The highest BCUT2D eigenvalue weighted by Gasteiger charge is 2.18. The van der Waals surface area contributed by atoms with Gasteiger partial charge in [0.05, 0.1) is 14.2 Å². The van der Waals surface area contributed by atoms with Crippen LogP contribution in [0.3, 0.4) is 0 Å². The molecule has 112 valence electrons. The highest BCUT2D eigenvalue weighted by atomic mass is 79.9. The van der Waals surface area contributed by atoms with Gasteiger partial charge in [0.1, 0.15) is 6.10 Å². The van der Waals surface area contributed by atoms with Gasteiger partial charge in [-0.3, -0.25) is 0 Å². The number of methoxy groups -OCH3 is 2. The fourth-order valence-electron chi connectivity index (χ4n) is 1.99. The van der Waals surface area contributed by atoms with E-state index in [2.05, 4.69) is 31.9 Å². The van der Waals surface area contributed by atoms with Crippen molar-refractivity contribution in [2.45, 2.75) is 6.10 Å². The first kappa shape index (κ1) is 16.6. The third kappa shape index (κ3) is 3.72. The van der Waals surface area contributed by atoms with Crippen molar-refractivity contribution in [1.82, 2.24) is 0 Å². The van der Waals surface area contributed by atoms with E-state index in [0.717, 1.165) is 8.95 Å². The summed E-state index contributed by atoms with van der Waals surface area (Å²) in [5.41, 5.74) is 1.35. The number of hydrogen-bond acceptors (Lipinski definition) is 3. The van der Waals surface area contributed by atoms with Gasteiger partial charge in [-0.05, 0) is 35.9 Å². The Bertz CT molecular complexity index is 641. The Labute approximate surface area is 145 Å². The van der Waals surface area contributed by atoms with Crippen molar-refractivity contribution in [3.63, 3.8) is 0 Å². The van der Waals surface area contributed by atoms with Gasteiger partial charge in [0.15, 0.2) is 11.5 Å². The molecule has 1 N–H and O–H groups in total. The molecule has 0 spiro atoms. The molecule has 0 aliphatic heterocycles. The molecule has 21 heavy (non-hydrogen) atoms. The normalized spacial score (nSPS) is 12.1. The van der Waals surface area contributed by atoms with Crippen LogP contribution >= 0.6 is 43.5 Å². The van der Waals surface area contributed by atoms with Crippen molar-refractivity contribution in [1.29, 1.82) is 0 Å². The van der Waals surface area contributed by atoms with Crippen molar-refractivity contribution < 1.29 is 14.6 Å². The molecular weight excluding hydrogens is 423 g/mol. The molecule has 0 saturated heterocycles. The molecule has 0 saturated carbocycles. The van der Waals surface area contributed by atoms with Crippen LogP contribution in [-0.2, 0) is 0 Å². The van der Waals surface area contributed by atoms with E-state index in [1.54, 1.807) is 38.5 Å². The Balaban J connectivity index is 2.49. The molecule has 0 bridgehead atoms. The third-order valence-electron chi connectivity index (χ3n) is 3.00. The summed E-state index contributed by atoms with van der Waals surface area (Å²) in [5.74, 6) is 1.14. The zero-order valence-electron chi connectivity index (χ0n) is 11.4. The lowest BCUT2D eigenvalue weighted by Crippen LogP contribution is -2.02. The highest BCUT2D eigenvalue weighted by molar-refractivity contribution is 9.10. The molecule has 0 aliphatic carbocycles. The molecule has 0 heterocycles. The maximum atomic E-state index is 10.6. The van der Waals surface area contributed by atoms with Crippen LogP contribution in [0.1, 0.15) is 17.2 Å². The molecule has 2 aromatic rings. The standard InChI is InChI=1S/C15H13Br2ClO3/c1-20-13-6-11(12(17)7-14(13)21-2)15(19)8-3-9(16)5-10(18)4-8/h3-7,15,19H,1-2H3. The summed E-state index contributed by atoms with van der Waals surface area (Å²) in [7, 11) is 3.12. The van der Waals surface area contributed by atoms with Gasteiger partial charge in [0, 0.05) is 19.5 Å². The van der Waals surface area contributed by atoms with Crippen LogP contribution in [0.2, 0.25) is 5.02 Å². The predicted octanol–water partition coefficient (Wildman–Crippen LogP) is 4.96. The van der Waals surface area contributed by atoms with Crippen molar-refractivity contribution >= 4 is 43.5 Å². The van der Waals surface area contributed by atoms with Gasteiger partial charge >= 0.3 is 0 Å². The van der Waals surface area contributed by atoms with Gasteiger partial charge in [-0.15, -0.1) is 0 Å². The molecule has 0 radical (unpaired) electrons. The molecular formula is C15H13Br2ClO3. The van der Waals surface area contributed by atoms with Gasteiger partial charge in [-0.2, -0.15) is 0 Å². The van der Waals surface area contributed by atoms with Crippen LogP contribution in [0.5, 0.6) is 11.5 Å². The first-order valence-electron chi connectivity index (χ1n) is 6.01. The van der Waals surface area contributed by atoms with E-state index in [4.69, 9.17) is 21.1 Å². The fourth-order valence-corrected chi connectivity index (χ4v) is 3.42. The average molecular weight is 437 g/mol. The number of halogens is 3. The van der Waals surface area contributed by atoms with Gasteiger partial charge in [0.2, 0.25) is 0 Å². The highest BCUT2D eigenvalue weighted by Crippen LogP contribution is 2.38. The Morgan fingerprint density at radius 3 is 2.19 bits per heavy atom. The van der Waals surface area contributed by atoms with E-state index in [0.29, 0.717) is 27.6 Å². The van der Waals surface area contributed by atoms with Crippen molar-refractivity contribution in [2.24, 2.45) is 0 Å². The van der Waals surface area contributed by atoms with Gasteiger partial charge in [0.25, 0.3) is 0 Å². The number of rotatable bonds is 4. The topological polar surface area (TPSA) is 38.7 Å². The summed E-state index contributed by atoms with van der Waals surface area (Å²) >= 11 is 12.8. The largest absolute Gasteiger partial charge is 0.493 e. The lowest BCUT2D eigenvalue weighted by molar-refractivity contribution is 0.218. The first-order valence-corrected chi connectivity index (χ1v) is 7.98. The summed E-state index contributed by atoms with van der Waals surface area (Å²) in [4.78, 5) is 0. The monoisotopic (exact) mass is 434 g/mol. The molecule has 3 nitrogen and oxygen atoms in total. The third-order valence-corrected chi connectivity index (χ3v) is 4.36. The SMILES string of the molecule is COc1cc(Br)c(C(O)c2cc(Cl)cc(Br)c2)cc1OC. The van der Waals surface area contributed by atoms with Crippen LogP contribution < -0.4 is 9.47 Å². The maximum Gasteiger partial charge on any atom is 0.161 e. The maximum absolute atomic E-state index is 10.6. The van der Waals surface area contributed by atoms with E-state index in [1.807, 2.05) is 6.07 Å². The van der Waals surface area contributed by atoms with Crippen LogP contribution in [0.4, 0.5) is 0 Å². The Hall–Kier alpha value is -0.750. The van der Waals surface area contributed by atoms with Gasteiger partial charge in [-0.1, -0.05) is 43.5 Å². The van der Waals surface area contributed by atoms with E-state index < -0.39 is 6.10 Å². The average Bonchev–Trinajstić information content (AvgIpc) is 2.45. The lowest BCUT2D eigenvalue weighted by Gasteiger charge is -2.17. The van der Waals surface area contributed by atoms with Gasteiger partial charge < -0.3 is 14.6 Å². The summed E-state index contributed by atoms with van der Waals surface area (Å²) in [6.07, 6.45) is -0.839. The summed E-state index contributed by atoms with van der Waals surface area (Å²) < 4.78 is 12.0. The summed E-state index contributed by atoms with van der Waals surface area (Å²) in [6, 6.07) is 8.81. The second-order valence-corrected chi connectivity index (χ2v) is 6.54. The predicted molar refractivity (Wildman–Crippen MR) is 90.5 cm³/mol. The lowest BCUT2D eigenvalue weighted by atomic mass is 10.0. The summed E-state index contributed by atoms with van der Waals surface area (Å²) in [5, 5.41) is 11.2. The second kappa shape index (κ2) is 7.01. The number of benzene rings is 2. The minimum atomic E-state index is -0.839. The Kier molecular flexibility index (Phi) is 5.54. The molecule has 0 aliphatic rings. The first-order chi connectivity index (χ1) is 9.96. The van der Waals surface area contributed by atoms with Crippen LogP contribution in [0.25, 0.3) is 0 Å². The van der Waals surface area contributed by atoms with E-state index in [1.165, 1.54) is 0 Å². The molecule has 0 aromatic heterocycles. The molecule has 1 atom stereocenters. The number of aliphatic hydroxyl groups is 1. The quantitative estimate of drug-likeness (QED) is 0.736. The minimum Gasteiger partial charge on any atom is -0.493 e. The van der Waals surface area contributed by atoms with Crippen molar-refractivity contribution in [2.75, 3.05) is 14.2 Å². The molecule has 0 fully saturated rings. The molecule has 1 unspecified atom stereocenters. The molecule has 2 aromatic carbocycles. The molecule has 6 heteroatoms. The fraction of sp³-hybridized carbons (Fsp3) is 0.200. The van der Waals surface area contributed by atoms with Crippen molar-refractivity contribution in [3.8, 4) is 11.5 Å². The van der Waals surface area contributed by atoms with Crippen LogP contribution in [0, 0.1) is 0 Å². The van der Waals surface area contributed by atoms with Gasteiger partial charge in [-0.25, -0.2) is 0 Å². The van der Waals surface area contributed by atoms with E-state index >= 15 is 0 Å². The Morgan fingerprint density at radius 1 is 1.00 bits per heavy atom. The zero-order valence-corrected chi connectivity index (χ0v) is 15.3. The molecule has 2 rings (SSSR count). The summed E-state index contributed by atoms with van der Waals surface area (Å²) in [6.45, 7) is 0. The number of ether oxygens (including phenoxy) is 2. The molecule has 0 amide bonds. The van der Waals surface area contributed by atoms with E-state index in [-0.39, 0.29) is 0 Å². The van der Waals surface area contributed by atoms with Crippen LogP contribution in [-0.4, -0.2) is 19.3 Å². The minimum absolute atomic E-state index is 0.551.